The molecule has 0 spiro atoms. The third-order valence-electron chi connectivity index (χ3n) is 4.82. The monoisotopic (exact) mass is 421 g/mol. The maximum absolute atomic E-state index is 5.83. The molecule has 0 aliphatic rings. The molecule has 6 nitrogen and oxygen atoms in total. The van der Waals surface area contributed by atoms with E-state index in [4.69, 9.17) is 4.42 Å². The van der Waals surface area contributed by atoms with Crippen molar-refractivity contribution in [2.45, 2.75) is 52.1 Å². The second-order valence-electron chi connectivity index (χ2n) is 6.60. The molecule has 7 heteroatoms. The molecule has 30 heavy (non-hydrogen) atoms. The van der Waals surface area contributed by atoms with Gasteiger partial charge in [-0.3, -0.25) is 9.67 Å². The van der Waals surface area contributed by atoms with Crippen LogP contribution in [0.4, 0.5) is 0 Å². The second kappa shape index (κ2) is 10.2. The number of nitrogens with zero attached hydrogens (tertiary/aromatic N) is 5. The Morgan fingerprint density at radius 2 is 1.80 bits per heavy atom. The molecular weight excluding hydrogens is 394 g/mol. The highest BCUT2D eigenvalue weighted by Gasteiger charge is 2.13. The zero-order chi connectivity index (χ0) is 21.5. The third kappa shape index (κ3) is 4.97. The molecular formula is C23H27N5OS. The van der Waals surface area contributed by atoms with Crippen molar-refractivity contribution < 1.29 is 4.42 Å². The number of hydrogen-bond donors (Lipinski definition) is 0. The number of pyridine rings is 1. The van der Waals surface area contributed by atoms with Gasteiger partial charge in [0.25, 0.3) is 5.22 Å². The Bertz CT molecular complexity index is 1090. The van der Waals surface area contributed by atoms with E-state index in [0.29, 0.717) is 17.7 Å². The topological polar surface area (TPSA) is 69.6 Å². The minimum absolute atomic E-state index is 0.486. The van der Waals surface area contributed by atoms with Gasteiger partial charge in [-0.25, -0.2) is 0 Å². The van der Waals surface area contributed by atoms with Crippen molar-refractivity contribution in [3.05, 3.63) is 77.2 Å². The second-order valence-corrected chi connectivity index (χ2v) is 7.53. The highest BCUT2D eigenvalue weighted by molar-refractivity contribution is 7.98. The molecule has 0 saturated heterocycles. The first-order valence-corrected chi connectivity index (χ1v) is 11.0. The van der Waals surface area contributed by atoms with E-state index in [-0.39, 0.29) is 0 Å². The van der Waals surface area contributed by atoms with Crippen molar-refractivity contribution in [2.75, 3.05) is 0 Å². The molecule has 0 radical (unpaired) electrons. The van der Waals surface area contributed by atoms with Crippen LogP contribution >= 0.6 is 11.8 Å². The van der Waals surface area contributed by atoms with Crippen LogP contribution in [0, 0.1) is 20.8 Å². The fraction of sp³-hybridized carbons (Fsp3) is 0.304. The van der Waals surface area contributed by atoms with Gasteiger partial charge in [0, 0.05) is 29.4 Å². The Kier molecular flexibility index (Phi) is 7.41. The Morgan fingerprint density at radius 3 is 2.50 bits per heavy atom. The average Bonchev–Trinajstić information content (AvgIpc) is 3.34. The molecule has 4 rings (SSSR count). The van der Waals surface area contributed by atoms with Crippen molar-refractivity contribution in [1.29, 1.82) is 0 Å². The van der Waals surface area contributed by atoms with Gasteiger partial charge >= 0.3 is 0 Å². The molecule has 4 aromatic rings. The molecule has 1 aromatic carbocycles. The van der Waals surface area contributed by atoms with E-state index in [1.165, 1.54) is 28.5 Å². The van der Waals surface area contributed by atoms with Crippen molar-refractivity contribution in [3.63, 3.8) is 0 Å². The largest absolute Gasteiger partial charge is 0.414 e. The lowest BCUT2D eigenvalue weighted by atomic mass is 10.0. The van der Waals surface area contributed by atoms with Crippen LogP contribution < -0.4 is 0 Å². The van der Waals surface area contributed by atoms with E-state index in [2.05, 4.69) is 52.3 Å². The first-order chi connectivity index (χ1) is 14.6. The Morgan fingerprint density at radius 1 is 1.00 bits per heavy atom. The number of aryl methyl sites for hydroxylation is 1. The molecule has 156 valence electrons. The summed E-state index contributed by atoms with van der Waals surface area (Å²) in [6.45, 7) is 10.6. The van der Waals surface area contributed by atoms with Crippen molar-refractivity contribution in [1.82, 2.24) is 25.0 Å². The molecule has 3 heterocycles. The molecule has 3 aromatic heterocycles. The number of rotatable bonds is 6. The van der Waals surface area contributed by atoms with Gasteiger partial charge in [0.2, 0.25) is 5.89 Å². The van der Waals surface area contributed by atoms with E-state index >= 15 is 0 Å². The fourth-order valence-electron chi connectivity index (χ4n) is 3.02. The lowest BCUT2D eigenvalue weighted by Crippen LogP contribution is -2.04. The summed E-state index contributed by atoms with van der Waals surface area (Å²) in [5.74, 6) is 1.31. The standard InChI is InChI=1S/C21H21N5OS.C2H6/c1-14-15(2)25-26(16(14)3)12-20-23-24-21(27-20)28-13-18-7-4-5-9-19(18)17-8-6-10-22-11-17;1-2/h4-11H,12-13H2,1-3H3;1-2H3. The SMILES string of the molecule is CC.Cc1nn(Cc2nnc(SCc3ccccc3-c3cccnc3)o2)c(C)c1C. The molecule has 0 bridgehead atoms. The lowest BCUT2D eigenvalue weighted by Gasteiger charge is -2.07. The normalized spacial score (nSPS) is 10.6. The fourth-order valence-corrected chi connectivity index (χ4v) is 3.80. The zero-order valence-corrected chi connectivity index (χ0v) is 18.9. The van der Waals surface area contributed by atoms with Gasteiger partial charge < -0.3 is 4.42 Å². The van der Waals surface area contributed by atoms with Crippen LogP contribution in [0.5, 0.6) is 0 Å². The summed E-state index contributed by atoms with van der Waals surface area (Å²) in [6.07, 6.45) is 3.66. The Hall–Kier alpha value is -2.93. The number of thioether (sulfide) groups is 1. The zero-order valence-electron chi connectivity index (χ0n) is 18.1. The van der Waals surface area contributed by atoms with E-state index in [1.807, 2.05) is 49.8 Å². The van der Waals surface area contributed by atoms with Crippen LogP contribution in [-0.4, -0.2) is 25.0 Å². The maximum atomic E-state index is 5.83. The molecule has 0 fully saturated rings. The summed E-state index contributed by atoms with van der Waals surface area (Å²) in [5, 5.41) is 13.5. The highest BCUT2D eigenvalue weighted by Crippen LogP contribution is 2.29. The van der Waals surface area contributed by atoms with Gasteiger partial charge in [-0.05, 0) is 43.5 Å². The third-order valence-corrected chi connectivity index (χ3v) is 5.68. The Balaban J connectivity index is 0.00000124. The minimum Gasteiger partial charge on any atom is -0.414 e. The van der Waals surface area contributed by atoms with Gasteiger partial charge in [0.15, 0.2) is 0 Å². The molecule has 0 aliphatic carbocycles. The summed E-state index contributed by atoms with van der Waals surface area (Å²) in [6, 6.07) is 12.3. The van der Waals surface area contributed by atoms with E-state index in [0.717, 1.165) is 22.7 Å². The van der Waals surface area contributed by atoms with E-state index in [1.54, 1.807) is 6.20 Å². The summed E-state index contributed by atoms with van der Waals surface area (Å²) >= 11 is 1.54. The van der Waals surface area contributed by atoms with Crippen molar-refractivity contribution >= 4 is 11.8 Å². The van der Waals surface area contributed by atoms with Crippen LogP contribution in [-0.2, 0) is 12.3 Å². The number of aromatic nitrogens is 5. The van der Waals surface area contributed by atoms with Crippen LogP contribution in [0.2, 0.25) is 0 Å². The first kappa shape index (κ1) is 21.8. The average molecular weight is 422 g/mol. The first-order valence-electron chi connectivity index (χ1n) is 10.1. The van der Waals surface area contributed by atoms with Crippen molar-refractivity contribution in [2.24, 2.45) is 0 Å². The van der Waals surface area contributed by atoms with Gasteiger partial charge in [-0.1, -0.05) is 55.9 Å². The predicted molar refractivity (Wildman–Crippen MR) is 120 cm³/mol. The molecule has 0 aliphatic heterocycles. The number of benzene rings is 1. The molecule has 0 unspecified atom stereocenters. The Labute approximate surface area is 181 Å². The van der Waals surface area contributed by atoms with Crippen LogP contribution in [0.3, 0.4) is 0 Å². The van der Waals surface area contributed by atoms with Gasteiger partial charge in [-0.2, -0.15) is 5.10 Å². The van der Waals surface area contributed by atoms with E-state index in [9.17, 15) is 0 Å². The van der Waals surface area contributed by atoms with Crippen LogP contribution in [0.1, 0.15) is 42.3 Å². The lowest BCUT2D eigenvalue weighted by molar-refractivity contribution is 0.396. The smallest absolute Gasteiger partial charge is 0.276 e. The predicted octanol–water partition coefficient (Wildman–Crippen LogP) is 5.62. The van der Waals surface area contributed by atoms with Crippen LogP contribution in [0.15, 0.2) is 58.4 Å². The van der Waals surface area contributed by atoms with Gasteiger partial charge in [0.1, 0.15) is 6.54 Å². The minimum atomic E-state index is 0.486. The van der Waals surface area contributed by atoms with E-state index < -0.39 is 0 Å². The molecule has 0 saturated carbocycles. The summed E-state index contributed by atoms with van der Waals surface area (Å²) in [4.78, 5) is 4.22. The molecule has 0 amide bonds. The highest BCUT2D eigenvalue weighted by atomic mass is 32.2. The molecule has 0 N–H and O–H groups in total. The maximum Gasteiger partial charge on any atom is 0.276 e. The number of hydrogen-bond acceptors (Lipinski definition) is 6. The van der Waals surface area contributed by atoms with Gasteiger partial charge in [0.05, 0.1) is 5.69 Å². The summed E-state index contributed by atoms with van der Waals surface area (Å²) < 4.78 is 7.73. The van der Waals surface area contributed by atoms with Crippen LogP contribution in [0.25, 0.3) is 11.1 Å². The quantitative estimate of drug-likeness (QED) is 0.376. The summed E-state index contributed by atoms with van der Waals surface area (Å²) in [7, 11) is 0. The summed E-state index contributed by atoms with van der Waals surface area (Å²) in [5.41, 5.74) is 6.82. The van der Waals surface area contributed by atoms with Crippen molar-refractivity contribution in [3.8, 4) is 11.1 Å². The van der Waals surface area contributed by atoms with Gasteiger partial charge in [-0.15, -0.1) is 10.2 Å². The molecule has 0 atom stereocenters.